The second kappa shape index (κ2) is 7.58. The standard InChI is InChI=1S/C21H18ClN3O3/c22-15-5-3-13(4-6-15)10-23-21(28)17-11-25-12-24-18-9-14(2-1-7-26)8-16(19(18)25)20(17)27/h3-6,8-9,11-12,26H,1-2,7,10H2,(H,23,28). The monoisotopic (exact) mass is 395 g/mol. The molecule has 0 radical (unpaired) electrons. The fraction of sp³-hybridized carbons (Fsp3) is 0.190. The molecule has 2 heterocycles. The second-order valence-corrected chi connectivity index (χ2v) is 7.11. The van der Waals surface area contributed by atoms with Crippen LogP contribution < -0.4 is 10.7 Å². The van der Waals surface area contributed by atoms with E-state index in [-0.39, 0.29) is 17.6 Å². The molecule has 0 spiro atoms. The largest absolute Gasteiger partial charge is 0.396 e. The molecule has 4 aromatic rings. The number of hydrogen-bond donors (Lipinski definition) is 2. The Morgan fingerprint density at radius 2 is 1.96 bits per heavy atom. The number of aliphatic hydroxyl groups excluding tert-OH is 1. The summed E-state index contributed by atoms with van der Waals surface area (Å²) < 4.78 is 1.71. The number of aromatic nitrogens is 2. The number of nitrogens with one attached hydrogen (secondary N) is 1. The highest BCUT2D eigenvalue weighted by molar-refractivity contribution is 6.30. The number of carbonyl (C=O) groups excluding carboxylic acids is 1. The zero-order valence-corrected chi connectivity index (χ0v) is 15.7. The van der Waals surface area contributed by atoms with Crippen LogP contribution in [0.25, 0.3) is 16.4 Å². The first-order chi connectivity index (χ1) is 13.6. The molecule has 0 aliphatic carbocycles. The quantitative estimate of drug-likeness (QED) is 0.526. The van der Waals surface area contributed by atoms with Crippen LogP contribution in [0.15, 0.2) is 53.7 Å². The average molecular weight is 396 g/mol. The molecule has 4 rings (SSSR count). The van der Waals surface area contributed by atoms with Crippen molar-refractivity contribution in [2.45, 2.75) is 19.4 Å². The molecule has 0 saturated carbocycles. The molecule has 28 heavy (non-hydrogen) atoms. The fourth-order valence-corrected chi connectivity index (χ4v) is 3.44. The third-order valence-electron chi connectivity index (χ3n) is 4.72. The molecule has 2 N–H and O–H groups in total. The summed E-state index contributed by atoms with van der Waals surface area (Å²) >= 11 is 5.87. The Labute approximate surface area is 165 Å². The number of halogens is 1. The molecule has 0 aliphatic heterocycles. The van der Waals surface area contributed by atoms with E-state index in [9.17, 15) is 9.59 Å². The third-order valence-corrected chi connectivity index (χ3v) is 4.97. The van der Waals surface area contributed by atoms with Gasteiger partial charge in [0.2, 0.25) is 5.43 Å². The summed E-state index contributed by atoms with van der Waals surface area (Å²) in [5.41, 5.74) is 2.96. The van der Waals surface area contributed by atoms with Crippen LogP contribution in [0.5, 0.6) is 0 Å². The molecule has 0 bridgehead atoms. The number of nitrogens with zero attached hydrogens (tertiary/aromatic N) is 2. The molecule has 0 unspecified atom stereocenters. The summed E-state index contributed by atoms with van der Waals surface area (Å²) in [6.45, 7) is 0.372. The van der Waals surface area contributed by atoms with Crippen LogP contribution in [0, 0.1) is 0 Å². The zero-order valence-electron chi connectivity index (χ0n) is 15.0. The summed E-state index contributed by atoms with van der Waals surface area (Å²) in [5, 5.41) is 12.9. The van der Waals surface area contributed by atoms with Crippen LogP contribution in [-0.4, -0.2) is 27.0 Å². The Kier molecular flexibility index (Phi) is 4.98. The Morgan fingerprint density at radius 1 is 1.18 bits per heavy atom. The van der Waals surface area contributed by atoms with E-state index in [0.717, 1.165) is 11.1 Å². The maximum atomic E-state index is 13.0. The highest BCUT2D eigenvalue weighted by Gasteiger charge is 2.17. The van der Waals surface area contributed by atoms with E-state index >= 15 is 0 Å². The number of imidazole rings is 1. The number of benzene rings is 2. The number of pyridine rings is 1. The Hall–Kier alpha value is -2.96. The first-order valence-corrected chi connectivity index (χ1v) is 9.34. The molecule has 1 amide bonds. The minimum atomic E-state index is -0.437. The SMILES string of the molecule is O=C(NCc1ccc(Cl)cc1)c1cn2cnc3cc(CCCO)cc(c1=O)c32. The summed E-state index contributed by atoms with van der Waals surface area (Å²) in [4.78, 5) is 30.0. The second-order valence-electron chi connectivity index (χ2n) is 6.67. The van der Waals surface area contributed by atoms with Crippen molar-refractivity contribution >= 4 is 33.9 Å². The van der Waals surface area contributed by atoms with E-state index in [1.807, 2.05) is 18.2 Å². The summed E-state index contributed by atoms with van der Waals surface area (Å²) in [6.07, 6.45) is 4.36. The number of hydrogen-bond acceptors (Lipinski definition) is 4. The van der Waals surface area contributed by atoms with E-state index in [2.05, 4.69) is 10.3 Å². The molecule has 6 nitrogen and oxygen atoms in total. The molecule has 0 fully saturated rings. The van der Waals surface area contributed by atoms with Crippen molar-refractivity contribution in [2.75, 3.05) is 6.61 Å². The zero-order chi connectivity index (χ0) is 19.7. The third kappa shape index (κ3) is 3.44. The van der Waals surface area contributed by atoms with Crippen LogP contribution in [0.4, 0.5) is 0 Å². The van der Waals surface area contributed by atoms with Crippen LogP contribution in [0.1, 0.15) is 27.9 Å². The van der Waals surface area contributed by atoms with Crippen LogP contribution in [0.2, 0.25) is 5.02 Å². The molecular formula is C21H18ClN3O3. The van der Waals surface area contributed by atoms with Crippen LogP contribution in [0.3, 0.4) is 0 Å². The van der Waals surface area contributed by atoms with Crippen LogP contribution >= 0.6 is 11.6 Å². The van der Waals surface area contributed by atoms with Crippen LogP contribution in [-0.2, 0) is 13.0 Å². The Bertz CT molecular complexity index is 1200. The van der Waals surface area contributed by atoms with Gasteiger partial charge in [-0.1, -0.05) is 23.7 Å². The first-order valence-electron chi connectivity index (χ1n) is 8.96. The van der Waals surface area contributed by atoms with Gasteiger partial charge >= 0.3 is 0 Å². The predicted octanol–water partition coefficient (Wildman–Crippen LogP) is 2.79. The molecule has 7 heteroatoms. The van der Waals surface area contributed by atoms with Crippen molar-refractivity contribution in [3.05, 3.63) is 80.9 Å². The van der Waals surface area contributed by atoms with Crippen molar-refractivity contribution in [1.29, 1.82) is 0 Å². The molecule has 0 saturated heterocycles. The smallest absolute Gasteiger partial charge is 0.257 e. The topological polar surface area (TPSA) is 83.7 Å². The van der Waals surface area contributed by atoms with Gasteiger partial charge in [-0.05, 0) is 48.2 Å². The van der Waals surface area contributed by atoms with Gasteiger partial charge in [0.25, 0.3) is 5.91 Å². The first kappa shape index (κ1) is 18.4. The van der Waals surface area contributed by atoms with E-state index in [4.69, 9.17) is 16.7 Å². The lowest BCUT2D eigenvalue weighted by molar-refractivity contribution is 0.0949. The van der Waals surface area contributed by atoms with E-state index in [1.54, 1.807) is 28.9 Å². The molecule has 142 valence electrons. The molecule has 2 aromatic heterocycles. The van der Waals surface area contributed by atoms with Gasteiger partial charge in [-0.25, -0.2) is 4.98 Å². The lowest BCUT2D eigenvalue weighted by Gasteiger charge is -2.08. The lowest BCUT2D eigenvalue weighted by atomic mass is 10.0. The van der Waals surface area contributed by atoms with Gasteiger partial charge in [-0.3, -0.25) is 9.59 Å². The van der Waals surface area contributed by atoms with Gasteiger partial charge < -0.3 is 14.8 Å². The molecule has 0 atom stereocenters. The molecule has 0 aliphatic rings. The van der Waals surface area contributed by atoms with Gasteiger partial charge in [-0.15, -0.1) is 0 Å². The van der Waals surface area contributed by atoms with Crippen molar-refractivity contribution in [2.24, 2.45) is 0 Å². The fourth-order valence-electron chi connectivity index (χ4n) is 3.31. The minimum Gasteiger partial charge on any atom is -0.396 e. The maximum absolute atomic E-state index is 13.0. The minimum absolute atomic E-state index is 0.0695. The van der Waals surface area contributed by atoms with E-state index in [0.29, 0.717) is 40.8 Å². The Balaban J connectivity index is 1.68. The van der Waals surface area contributed by atoms with Crippen molar-refractivity contribution < 1.29 is 9.90 Å². The predicted molar refractivity (Wildman–Crippen MR) is 108 cm³/mol. The number of rotatable bonds is 6. The summed E-state index contributed by atoms with van der Waals surface area (Å²) in [5.74, 6) is -0.437. The summed E-state index contributed by atoms with van der Waals surface area (Å²) in [7, 11) is 0. The van der Waals surface area contributed by atoms with Crippen molar-refractivity contribution in [3.8, 4) is 0 Å². The number of amides is 1. The Morgan fingerprint density at radius 3 is 2.71 bits per heavy atom. The normalized spacial score (nSPS) is 11.4. The van der Waals surface area contributed by atoms with Gasteiger partial charge in [0.05, 0.1) is 17.4 Å². The average Bonchev–Trinajstić information content (AvgIpc) is 3.11. The maximum Gasteiger partial charge on any atom is 0.257 e. The van der Waals surface area contributed by atoms with E-state index < -0.39 is 5.91 Å². The van der Waals surface area contributed by atoms with Crippen molar-refractivity contribution in [3.63, 3.8) is 0 Å². The number of aryl methyl sites for hydroxylation is 1. The van der Waals surface area contributed by atoms with Gasteiger partial charge in [0.1, 0.15) is 5.56 Å². The van der Waals surface area contributed by atoms with Gasteiger partial charge in [0.15, 0.2) is 0 Å². The lowest BCUT2D eigenvalue weighted by Crippen LogP contribution is -2.28. The summed E-state index contributed by atoms with van der Waals surface area (Å²) in [6, 6.07) is 10.8. The van der Waals surface area contributed by atoms with Gasteiger partial charge in [0, 0.05) is 29.8 Å². The number of aliphatic hydroxyl groups is 1. The highest BCUT2D eigenvalue weighted by atomic mass is 35.5. The molecule has 2 aromatic carbocycles. The van der Waals surface area contributed by atoms with Gasteiger partial charge in [-0.2, -0.15) is 0 Å². The highest BCUT2D eigenvalue weighted by Crippen LogP contribution is 2.21. The number of carbonyl (C=O) groups is 1. The van der Waals surface area contributed by atoms with Crippen molar-refractivity contribution in [1.82, 2.24) is 14.7 Å². The van der Waals surface area contributed by atoms with E-state index in [1.165, 1.54) is 6.20 Å². The molecular weight excluding hydrogens is 378 g/mol.